The molecule has 0 atom stereocenters. The molecule has 0 N–H and O–H groups in total. The van der Waals surface area contributed by atoms with Gasteiger partial charge in [-0.15, -0.1) is 0 Å². The first-order valence-corrected chi connectivity index (χ1v) is 8.84. The van der Waals surface area contributed by atoms with Gasteiger partial charge in [-0.1, -0.05) is 17.7 Å². The molecule has 0 radical (unpaired) electrons. The van der Waals surface area contributed by atoms with Crippen molar-refractivity contribution in [2.45, 2.75) is 11.0 Å². The largest absolute Gasteiger partial charge is 0.468 e. The highest BCUT2D eigenvalue weighted by Gasteiger charge is 2.40. The highest BCUT2D eigenvalue weighted by atomic mass is 35.5. The zero-order valence-corrected chi connectivity index (χ0v) is 13.2. The molecule has 1 aliphatic rings. The Morgan fingerprint density at radius 1 is 1.27 bits per heavy atom. The number of carbonyl (C=O) groups excluding carboxylic acids is 1. The van der Waals surface area contributed by atoms with Crippen LogP contribution in [0.5, 0.6) is 0 Å². The smallest absolute Gasteiger partial charge is 0.253 e. The van der Waals surface area contributed by atoms with Crippen LogP contribution < -0.4 is 0 Å². The molecular weight excluding hydrogens is 326 g/mol. The first kappa shape index (κ1) is 15.1. The lowest BCUT2D eigenvalue weighted by molar-refractivity contribution is 0.0659. The van der Waals surface area contributed by atoms with Crippen molar-refractivity contribution in [2.24, 2.45) is 0 Å². The summed E-state index contributed by atoms with van der Waals surface area (Å²) in [4.78, 5) is 13.7. The number of sulfone groups is 1. The molecule has 116 valence electrons. The third-order valence-electron chi connectivity index (χ3n) is 3.64. The predicted molar refractivity (Wildman–Crippen MR) is 82.5 cm³/mol. The van der Waals surface area contributed by atoms with Gasteiger partial charge in [0.2, 0.25) is 0 Å². The van der Waals surface area contributed by atoms with Crippen LogP contribution in [-0.2, 0) is 15.6 Å². The molecule has 1 amide bonds. The van der Waals surface area contributed by atoms with Crippen molar-refractivity contribution in [3.8, 4) is 0 Å². The van der Waals surface area contributed by atoms with Gasteiger partial charge < -0.3 is 9.32 Å². The molecule has 1 aromatic carbocycles. The monoisotopic (exact) mass is 339 g/mol. The zero-order valence-electron chi connectivity index (χ0n) is 11.6. The first-order chi connectivity index (χ1) is 10.5. The Morgan fingerprint density at radius 2 is 2.05 bits per heavy atom. The van der Waals surface area contributed by atoms with Crippen molar-refractivity contribution < 1.29 is 17.6 Å². The molecule has 2 aromatic rings. The molecule has 1 saturated heterocycles. The number of nitrogens with zero attached hydrogens (tertiary/aromatic N) is 1. The molecule has 7 heteroatoms. The van der Waals surface area contributed by atoms with Crippen LogP contribution in [-0.4, -0.2) is 37.6 Å². The van der Waals surface area contributed by atoms with Crippen molar-refractivity contribution in [1.82, 2.24) is 4.90 Å². The lowest BCUT2D eigenvalue weighted by atomic mass is 10.1. The summed E-state index contributed by atoms with van der Waals surface area (Å²) in [7, 11) is -3.32. The van der Waals surface area contributed by atoms with Gasteiger partial charge in [-0.25, -0.2) is 8.42 Å². The number of amides is 1. The standard InChI is InChI=1S/C15H14ClNO4S/c16-12-4-1-3-11(7-12)15(18)17-8-14(9-17)22(19,20)10-13-5-2-6-21-13/h1-7,14H,8-10H2. The maximum atomic E-state index is 12.2. The minimum atomic E-state index is -3.32. The van der Waals surface area contributed by atoms with Gasteiger partial charge in [0.15, 0.2) is 9.84 Å². The van der Waals surface area contributed by atoms with Crippen LogP contribution in [0.15, 0.2) is 47.1 Å². The van der Waals surface area contributed by atoms with E-state index >= 15 is 0 Å². The van der Waals surface area contributed by atoms with Crippen LogP contribution in [0.3, 0.4) is 0 Å². The highest BCUT2D eigenvalue weighted by molar-refractivity contribution is 7.91. The van der Waals surface area contributed by atoms with Crippen molar-refractivity contribution in [3.05, 3.63) is 59.0 Å². The van der Waals surface area contributed by atoms with Gasteiger partial charge >= 0.3 is 0 Å². The van der Waals surface area contributed by atoms with E-state index in [0.717, 1.165) is 0 Å². The number of halogens is 1. The summed E-state index contributed by atoms with van der Waals surface area (Å²) in [5.74, 6) is 0.0794. The maximum Gasteiger partial charge on any atom is 0.253 e. The number of benzene rings is 1. The second-order valence-electron chi connectivity index (χ2n) is 5.23. The number of rotatable bonds is 4. The van der Waals surface area contributed by atoms with E-state index in [1.54, 1.807) is 36.4 Å². The van der Waals surface area contributed by atoms with E-state index in [2.05, 4.69) is 0 Å². The van der Waals surface area contributed by atoms with Gasteiger partial charge in [-0.3, -0.25) is 4.79 Å². The normalized spacial score (nSPS) is 15.6. The van der Waals surface area contributed by atoms with Crippen molar-refractivity contribution in [1.29, 1.82) is 0 Å². The second-order valence-corrected chi connectivity index (χ2v) is 7.95. The fraction of sp³-hybridized carbons (Fsp3) is 0.267. The summed E-state index contributed by atoms with van der Waals surface area (Å²) in [6, 6.07) is 9.91. The summed E-state index contributed by atoms with van der Waals surface area (Å²) < 4.78 is 29.5. The minimum Gasteiger partial charge on any atom is -0.468 e. The molecule has 0 saturated carbocycles. The van der Waals surface area contributed by atoms with Crippen LogP contribution in [0, 0.1) is 0 Å². The Bertz CT molecular complexity index is 780. The number of hydrogen-bond acceptors (Lipinski definition) is 4. The van der Waals surface area contributed by atoms with Gasteiger partial charge in [0.1, 0.15) is 11.5 Å². The van der Waals surface area contributed by atoms with Crippen LogP contribution in [0.4, 0.5) is 0 Å². The van der Waals surface area contributed by atoms with E-state index < -0.39 is 15.1 Å². The quantitative estimate of drug-likeness (QED) is 0.857. The van der Waals surface area contributed by atoms with Crippen molar-refractivity contribution >= 4 is 27.3 Å². The van der Waals surface area contributed by atoms with Crippen LogP contribution in [0.25, 0.3) is 0 Å². The molecular formula is C15H14ClNO4S. The molecule has 22 heavy (non-hydrogen) atoms. The van der Waals surface area contributed by atoms with Gasteiger partial charge in [0.05, 0.1) is 11.5 Å². The Hall–Kier alpha value is -1.79. The second kappa shape index (κ2) is 5.78. The van der Waals surface area contributed by atoms with E-state index in [1.165, 1.54) is 11.2 Å². The average molecular weight is 340 g/mol. The summed E-state index contributed by atoms with van der Waals surface area (Å²) in [5.41, 5.74) is 0.467. The Kier molecular flexibility index (Phi) is 3.97. The van der Waals surface area contributed by atoms with Gasteiger partial charge in [0, 0.05) is 23.7 Å². The third kappa shape index (κ3) is 3.03. The van der Waals surface area contributed by atoms with Gasteiger partial charge in [-0.2, -0.15) is 0 Å². The Balaban J connectivity index is 1.63. The van der Waals surface area contributed by atoms with E-state index in [-0.39, 0.29) is 24.7 Å². The maximum absolute atomic E-state index is 12.2. The molecule has 1 fully saturated rings. The van der Waals surface area contributed by atoms with E-state index in [1.807, 2.05) is 0 Å². The Labute approximate surface area is 133 Å². The number of furan rings is 1. The average Bonchev–Trinajstić information content (AvgIpc) is 2.88. The molecule has 1 aromatic heterocycles. The summed E-state index contributed by atoms with van der Waals surface area (Å²) in [6.45, 7) is 0.406. The summed E-state index contributed by atoms with van der Waals surface area (Å²) in [6.07, 6.45) is 1.45. The number of carbonyl (C=O) groups is 1. The van der Waals surface area contributed by atoms with Crippen LogP contribution in [0.2, 0.25) is 5.02 Å². The van der Waals surface area contributed by atoms with Crippen molar-refractivity contribution in [2.75, 3.05) is 13.1 Å². The third-order valence-corrected chi connectivity index (χ3v) is 5.87. The topological polar surface area (TPSA) is 67.6 Å². The lowest BCUT2D eigenvalue weighted by Crippen LogP contribution is -2.57. The summed E-state index contributed by atoms with van der Waals surface area (Å²) >= 11 is 5.86. The van der Waals surface area contributed by atoms with E-state index in [9.17, 15) is 13.2 Å². The zero-order chi connectivity index (χ0) is 15.7. The van der Waals surface area contributed by atoms with E-state index in [4.69, 9.17) is 16.0 Å². The molecule has 0 spiro atoms. The molecule has 0 bridgehead atoms. The number of hydrogen-bond donors (Lipinski definition) is 0. The molecule has 0 aliphatic carbocycles. The Morgan fingerprint density at radius 3 is 2.68 bits per heavy atom. The first-order valence-electron chi connectivity index (χ1n) is 6.74. The van der Waals surface area contributed by atoms with E-state index in [0.29, 0.717) is 16.3 Å². The van der Waals surface area contributed by atoms with Crippen LogP contribution >= 0.6 is 11.6 Å². The number of likely N-dealkylation sites (tertiary alicyclic amines) is 1. The fourth-order valence-electron chi connectivity index (χ4n) is 2.35. The SMILES string of the molecule is O=C(c1cccc(Cl)c1)N1CC(S(=O)(=O)Cc2ccco2)C1. The molecule has 0 unspecified atom stereocenters. The fourth-order valence-corrected chi connectivity index (χ4v) is 4.15. The molecule has 2 heterocycles. The minimum absolute atomic E-state index is 0.135. The molecule has 5 nitrogen and oxygen atoms in total. The van der Waals surface area contributed by atoms with Gasteiger partial charge in [-0.05, 0) is 30.3 Å². The molecule has 3 rings (SSSR count). The van der Waals surface area contributed by atoms with Gasteiger partial charge in [0.25, 0.3) is 5.91 Å². The summed E-state index contributed by atoms with van der Waals surface area (Å²) in [5, 5.41) is -0.0610. The van der Waals surface area contributed by atoms with Crippen LogP contribution in [0.1, 0.15) is 16.1 Å². The lowest BCUT2D eigenvalue weighted by Gasteiger charge is -2.38. The van der Waals surface area contributed by atoms with Crippen molar-refractivity contribution in [3.63, 3.8) is 0 Å². The molecule has 1 aliphatic heterocycles. The predicted octanol–water partition coefficient (Wildman–Crippen LogP) is 2.37. The highest BCUT2D eigenvalue weighted by Crippen LogP contribution is 2.23.